The summed E-state index contributed by atoms with van der Waals surface area (Å²) in [4.78, 5) is 11.1. The number of halogens is 3. The van der Waals surface area contributed by atoms with Gasteiger partial charge in [-0.15, -0.1) is 0 Å². The van der Waals surface area contributed by atoms with Crippen molar-refractivity contribution in [1.82, 2.24) is 15.5 Å². The molecule has 24 heavy (non-hydrogen) atoms. The number of aliphatic hydroxyl groups is 1. The fourth-order valence-corrected chi connectivity index (χ4v) is 4.13. The Balaban J connectivity index is 1.70. The van der Waals surface area contributed by atoms with E-state index in [1.807, 2.05) is 0 Å². The van der Waals surface area contributed by atoms with Gasteiger partial charge in [0.25, 0.3) is 0 Å². The highest BCUT2D eigenvalue weighted by Crippen LogP contribution is 2.60. The number of aromatic nitrogens is 2. The molecule has 2 aromatic rings. The number of hydrogen-bond acceptors (Lipinski definition) is 3. The molecule has 1 heterocycles. The van der Waals surface area contributed by atoms with E-state index in [0.29, 0.717) is 18.2 Å². The Morgan fingerprint density at radius 1 is 1.38 bits per heavy atom. The van der Waals surface area contributed by atoms with Crippen LogP contribution in [-0.4, -0.2) is 27.3 Å². The first-order valence-corrected chi connectivity index (χ1v) is 7.73. The fraction of sp³-hybridized carbons (Fsp3) is 0.500. The molecule has 0 saturated heterocycles. The maximum Gasteiger partial charge on any atom is 0.416 e. The molecule has 1 aromatic heterocycles. The summed E-state index contributed by atoms with van der Waals surface area (Å²) in [6, 6.07) is 2.05. The topological polar surface area (TPSA) is 78.0 Å². The number of H-pyrrole nitrogens is 1. The summed E-state index contributed by atoms with van der Waals surface area (Å²) in [7, 11) is 0. The average molecular weight is 339 g/mol. The van der Waals surface area contributed by atoms with E-state index in [1.165, 1.54) is 13.1 Å². The van der Waals surface area contributed by atoms with Gasteiger partial charge in [0, 0.05) is 18.4 Å². The molecule has 0 bridgehead atoms. The maximum atomic E-state index is 13.1. The minimum Gasteiger partial charge on any atom is -0.385 e. The number of nitrogens with zero attached hydrogens (tertiary/aromatic N) is 1. The summed E-state index contributed by atoms with van der Waals surface area (Å²) in [6.07, 6.45) is -2.38. The van der Waals surface area contributed by atoms with Crippen LogP contribution in [0.3, 0.4) is 0 Å². The van der Waals surface area contributed by atoms with Crippen LogP contribution in [0, 0.1) is 11.8 Å². The van der Waals surface area contributed by atoms with E-state index >= 15 is 0 Å². The molecule has 0 spiro atoms. The number of amides is 1. The zero-order valence-corrected chi connectivity index (χ0v) is 12.8. The lowest BCUT2D eigenvalue weighted by atomic mass is 9.85. The Hall–Kier alpha value is -2.09. The van der Waals surface area contributed by atoms with Gasteiger partial charge in [-0.1, -0.05) is 0 Å². The molecule has 2 unspecified atom stereocenters. The lowest BCUT2D eigenvalue weighted by Gasteiger charge is -2.28. The Morgan fingerprint density at radius 2 is 2.04 bits per heavy atom. The van der Waals surface area contributed by atoms with Crippen LogP contribution >= 0.6 is 0 Å². The second-order valence-electron chi connectivity index (χ2n) is 6.85. The third kappa shape index (κ3) is 2.28. The number of aromatic amines is 1. The first-order valence-electron chi connectivity index (χ1n) is 7.73. The lowest BCUT2D eigenvalue weighted by Crippen LogP contribution is -2.32. The first-order chi connectivity index (χ1) is 11.2. The number of fused-ring (bicyclic) bond motifs is 2. The predicted octanol–water partition coefficient (Wildman–Crippen LogP) is 2.31. The smallest absolute Gasteiger partial charge is 0.385 e. The minimum atomic E-state index is -4.50. The van der Waals surface area contributed by atoms with E-state index in [1.54, 1.807) is 0 Å². The Bertz CT molecular complexity index is 818. The van der Waals surface area contributed by atoms with Gasteiger partial charge in [-0.3, -0.25) is 9.89 Å². The van der Waals surface area contributed by atoms with Crippen molar-refractivity contribution >= 4 is 16.8 Å². The number of rotatable bonds is 2. The Kier molecular flexibility index (Phi) is 3.04. The first kappa shape index (κ1) is 15.4. The molecule has 2 atom stereocenters. The largest absolute Gasteiger partial charge is 0.416 e. The van der Waals surface area contributed by atoms with Gasteiger partial charge in [0.15, 0.2) is 0 Å². The molecule has 128 valence electrons. The third-order valence-electron chi connectivity index (χ3n) is 5.24. The molecule has 2 fully saturated rings. The van der Waals surface area contributed by atoms with Gasteiger partial charge < -0.3 is 10.4 Å². The number of nitrogens with one attached hydrogen (secondary N) is 2. The zero-order chi connectivity index (χ0) is 17.3. The van der Waals surface area contributed by atoms with Gasteiger partial charge in [-0.2, -0.15) is 18.3 Å². The van der Waals surface area contributed by atoms with Crippen molar-refractivity contribution in [3.8, 4) is 0 Å². The van der Waals surface area contributed by atoms with E-state index in [4.69, 9.17) is 0 Å². The van der Waals surface area contributed by atoms with Crippen molar-refractivity contribution in [2.75, 3.05) is 0 Å². The van der Waals surface area contributed by atoms with E-state index in [2.05, 4.69) is 15.5 Å². The summed E-state index contributed by atoms with van der Waals surface area (Å²) < 4.78 is 39.4. The predicted molar refractivity (Wildman–Crippen MR) is 78.8 cm³/mol. The normalized spacial score (nSPS) is 32.0. The van der Waals surface area contributed by atoms with E-state index in [-0.39, 0.29) is 34.9 Å². The molecule has 0 radical (unpaired) electrons. The zero-order valence-electron chi connectivity index (χ0n) is 12.8. The van der Waals surface area contributed by atoms with Crippen LogP contribution in [0.5, 0.6) is 0 Å². The van der Waals surface area contributed by atoms with Gasteiger partial charge >= 0.3 is 6.18 Å². The third-order valence-corrected chi connectivity index (χ3v) is 5.24. The summed E-state index contributed by atoms with van der Waals surface area (Å²) >= 11 is 0. The average Bonchev–Trinajstić information content (AvgIpc) is 2.89. The van der Waals surface area contributed by atoms with Crippen LogP contribution in [0.1, 0.15) is 30.9 Å². The van der Waals surface area contributed by atoms with E-state index in [9.17, 15) is 23.1 Å². The maximum absolute atomic E-state index is 13.1. The highest BCUT2D eigenvalue weighted by molar-refractivity contribution is 5.83. The van der Waals surface area contributed by atoms with Crippen LogP contribution in [0.2, 0.25) is 0 Å². The molecule has 5 nitrogen and oxygen atoms in total. The van der Waals surface area contributed by atoms with Gasteiger partial charge in [0.05, 0.1) is 22.9 Å². The monoisotopic (exact) mass is 339 g/mol. The van der Waals surface area contributed by atoms with Gasteiger partial charge in [-0.25, -0.2) is 0 Å². The van der Waals surface area contributed by atoms with Crippen LogP contribution in [0.4, 0.5) is 13.2 Å². The molecular weight excluding hydrogens is 323 g/mol. The molecular formula is C16H16F3N3O2. The van der Waals surface area contributed by atoms with Gasteiger partial charge in [-0.05, 0) is 42.4 Å². The van der Waals surface area contributed by atoms with E-state index in [0.717, 1.165) is 12.1 Å². The van der Waals surface area contributed by atoms with Gasteiger partial charge in [0.1, 0.15) is 0 Å². The number of carbonyl (C=O) groups is 1. The van der Waals surface area contributed by atoms with Crippen molar-refractivity contribution in [1.29, 1.82) is 0 Å². The molecule has 1 amide bonds. The van der Waals surface area contributed by atoms with Crippen molar-refractivity contribution in [2.45, 2.75) is 37.6 Å². The minimum absolute atomic E-state index is 0.0217. The molecule has 1 aromatic carbocycles. The highest BCUT2D eigenvalue weighted by atomic mass is 19.4. The van der Waals surface area contributed by atoms with Crippen LogP contribution in [0.15, 0.2) is 18.3 Å². The number of benzene rings is 1. The Morgan fingerprint density at radius 3 is 2.62 bits per heavy atom. The van der Waals surface area contributed by atoms with Crippen LogP contribution in [0.25, 0.3) is 10.9 Å². The van der Waals surface area contributed by atoms with Crippen molar-refractivity contribution in [3.05, 3.63) is 29.5 Å². The summed E-state index contributed by atoms with van der Waals surface area (Å²) in [5.74, 6) is 0.0834. The molecule has 0 aliphatic heterocycles. The van der Waals surface area contributed by atoms with Crippen LogP contribution < -0.4 is 5.32 Å². The number of hydrogen-bond donors (Lipinski definition) is 3. The summed E-state index contributed by atoms with van der Waals surface area (Å²) in [5.41, 5.74) is -1.61. The second-order valence-corrected chi connectivity index (χ2v) is 6.85. The quantitative estimate of drug-likeness (QED) is 0.786. The molecule has 2 aliphatic rings. The fourth-order valence-electron chi connectivity index (χ4n) is 4.13. The lowest BCUT2D eigenvalue weighted by molar-refractivity contribution is -0.137. The molecule has 3 N–H and O–H groups in total. The second kappa shape index (κ2) is 4.72. The molecule has 2 saturated carbocycles. The van der Waals surface area contributed by atoms with Crippen LogP contribution in [-0.2, 0) is 16.6 Å². The van der Waals surface area contributed by atoms with E-state index < -0.39 is 17.3 Å². The SMILES string of the molecule is CC(=O)NC1C2CC(O)(c3cc(C(F)(F)F)cc4[nH]ncc34)CC21. The Labute approximate surface area is 135 Å². The standard InChI is InChI=1S/C16H16F3N3O2/c1-7(23)21-14-9-4-15(24,5-10(9)14)12-2-8(16(17,18)19)3-13-11(12)6-20-22-13/h2-3,6,9-10,14,24H,4-5H2,1H3,(H,20,22)(H,21,23). The number of alkyl halides is 3. The summed E-state index contributed by atoms with van der Waals surface area (Å²) in [5, 5.41) is 20.7. The molecule has 4 rings (SSSR count). The van der Waals surface area contributed by atoms with Crippen molar-refractivity contribution in [3.63, 3.8) is 0 Å². The summed E-state index contributed by atoms with van der Waals surface area (Å²) in [6.45, 7) is 1.43. The number of carbonyl (C=O) groups excluding carboxylic acids is 1. The van der Waals surface area contributed by atoms with Gasteiger partial charge in [0.2, 0.25) is 5.91 Å². The highest BCUT2D eigenvalue weighted by Gasteiger charge is 2.62. The molecule has 8 heteroatoms. The molecule has 2 aliphatic carbocycles. The van der Waals surface area contributed by atoms with Crippen molar-refractivity contribution < 1.29 is 23.1 Å². The van der Waals surface area contributed by atoms with Crippen molar-refractivity contribution in [2.24, 2.45) is 11.8 Å².